The van der Waals surface area contributed by atoms with E-state index in [1.165, 1.54) is 13.2 Å². The number of ether oxygens (including phenoxy) is 2. The SMILES string of the molecule is COc1ccc(C(=Nc2ccccc2)c2ccccc2)c(O)c1.COc1ccc(C(=O)c2ccccc2)c(O)c1.Nc1ccccc1. The van der Waals surface area contributed by atoms with Crippen molar-refractivity contribution in [3.05, 3.63) is 180 Å². The number of aromatic hydroxyl groups is 2. The minimum Gasteiger partial charge on any atom is -0.507 e. The Bertz CT molecular complexity index is 1880. The van der Waals surface area contributed by atoms with Gasteiger partial charge in [-0.05, 0) is 48.5 Å². The van der Waals surface area contributed by atoms with Crippen LogP contribution in [0.15, 0.2) is 163 Å². The number of para-hydroxylation sites is 2. The summed E-state index contributed by atoms with van der Waals surface area (Å²) < 4.78 is 10.1. The van der Waals surface area contributed by atoms with Crippen molar-refractivity contribution in [3.8, 4) is 23.0 Å². The topological polar surface area (TPSA) is 114 Å². The largest absolute Gasteiger partial charge is 0.507 e. The number of hydrogen-bond donors (Lipinski definition) is 3. The maximum absolute atomic E-state index is 12.1. The van der Waals surface area contributed by atoms with Crippen molar-refractivity contribution in [1.82, 2.24) is 0 Å². The number of aliphatic imine (C=N–C) groups is 1. The zero-order chi connectivity index (χ0) is 33.4. The summed E-state index contributed by atoms with van der Waals surface area (Å²) in [6, 6.07) is 47.7. The highest BCUT2D eigenvalue weighted by Crippen LogP contribution is 2.28. The molecule has 0 saturated heterocycles. The zero-order valence-corrected chi connectivity index (χ0v) is 26.2. The highest BCUT2D eigenvalue weighted by atomic mass is 16.5. The van der Waals surface area contributed by atoms with Gasteiger partial charge in [0.2, 0.25) is 0 Å². The molecule has 0 aliphatic heterocycles. The average Bonchev–Trinajstić information content (AvgIpc) is 3.12. The van der Waals surface area contributed by atoms with Crippen LogP contribution >= 0.6 is 0 Å². The lowest BCUT2D eigenvalue weighted by Crippen LogP contribution is -2.03. The number of nitrogens with zero attached hydrogens (tertiary/aromatic N) is 1. The van der Waals surface area contributed by atoms with Gasteiger partial charge in [-0.15, -0.1) is 0 Å². The van der Waals surface area contributed by atoms with E-state index < -0.39 is 0 Å². The van der Waals surface area contributed by atoms with Crippen LogP contribution in [0.4, 0.5) is 11.4 Å². The van der Waals surface area contributed by atoms with Crippen molar-refractivity contribution >= 4 is 22.9 Å². The van der Waals surface area contributed by atoms with Gasteiger partial charge in [-0.1, -0.05) is 97.1 Å². The van der Waals surface area contributed by atoms with Crippen molar-refractivity contribution in [2.75, 3.05) is 20.0 Å². The number of benzene rings is 6. The second-order valence-corrected chi connectivity index (χ2v) is 10.0. The Kier molecular flexibility index (Phi) is 12.3. The van der Waals surface area contributed by atoms with E-state index in [0.717, 1.165) is 22.6 Å². The highest BCUT2D eigenvalue weighted by Gasteiger charge is 2.14. The van der Waals surface area contributed by atoms with Crippen LogP contribution < -0.4 is 15.2 Å². The maximum atomic E-state index is 12.1. The Morgan fingerprint density at radius 3 is 1.40 bits per heavy atom. The summed E-state index contributed by atoms with van der Waals surface area (Å²) in [6.07, 6.45) is 0. The Labute approximate surface area is 274 Å². The Balaban J connectivity index is 0.000000182. The van der Waals surface area contributed by atoms with E-state index in [0.29, 0.717) is 22.6 Å². The molecule has 7 nitrogen and oxygen atoms in total. The number of carbonyl (C=O) groups is 1. The lowest BCUT2D eigenvalue weighted by Gasteiger charge is -2.11. The number of ketones is 1. The molecule has 0 aliphatic rings. The van der Waals surface area contributed by atoms with Crippen molar-refractivity contribution in [2.24, 2.45) is 4.99 Å². The first-order valence-corrected chi connectivity index (χ1v) is 14.7. The number of rotatable bonds is 7. The second-order valence-electron chi connectivity index (χ2n) is 10.0. The van der Waals surface area contributed by atoms with Crippen molar-refractivity contribution in [3.63, 3.8) is 0 Å². The molecule has 0 bridgehead atoms. The third-order valence-corrected chi connectivity index (χ3v) is 6.79. The van der Waals surface area contributed by atoms with Gasteiger partial charge in [-0.25, -0.2) is 4.99 Å². The summed E-state index contributed by atoms with van der Waals surface area (Å²) in [5.74, 6) is 0.998. The van der Waals surface area contributed by atoms with Crippen LogP contribution in [-0.4, -0.2) is 35.9 Å². The van der Waals surface area contributed by atoms with Crippen molar-refractivity contribution in [2.45, 2.75) is 0 Å². The molecule has 0 atom stereocenters. The fourth-order valence-corrected chi connectivity index (χ4v) is 4.38. The van der Waals surface area contributed by atoms with Gasteiger partial charge in [-0.2, -0.15) is 0 Å². The first-order chi connectivity index (χ1) is 22.9. The third kappa shape index (κ3) is 9.83. The molecule has 0 aliphatic carbocycles. The van der Waals surface area contributed by atoms with Crippen LogP contribution in [0, 0.1) is 0 Å². The van der Waals surface area contributed by atoms with Crippen LogP contribution in [0.2, 0.25) is 0 Å². The molecule has 0 heterocycles. The molecule has 6 aromatic rings. The smallest absolute Gasteiger partial charge is 0.196 e. The number of methoxy groups -OCH3 is 2. The van der Waals surface area contributed by atoms with Gasteiger partial charge in [0.25, 0.3) is 0 Å². The number of anilines is 1. The summed E-state index contributed by atoms with van der Waals surface area (Å²) in [5.41, 5.74) is 10.2. The Morgan fingerprint density at radius 2 is 0.979 bits per heavy atom. The van der Waals surface area contributed by atoms with Gasteiger partial charge in [0, 0.05) is 34.5 Å². The first kappa shape index (κ1) is 33.6. The summed E-state index contributed by atoms with van der Waals surface area (Å²) >= 11 is 0. The van der Waals surface area contributed by atoms with Gasteiger partial charge < -0.3 is 25.4 Å². The Morgan fingerprint density at radius 1 is 0.553 bits per heavy atom. The maximum Gasteiger partial charge on any atom is 0.196 e. The molecule has 47 heavy (non-hydrogen) atoms. The number of carbonyl (C=O) groups excluding carboxylic acids is 1. The normalized spacial score (nSPS) is 10.4. The van der Waals surface area contributed by atoms with Gasteiger partial charge in [0.1, 0.15) is 23.0 Å². The van der Waals surface area contributed by atoms with Crippen LogP contribution in [0.5, 0.6) is 23.0 Å². The number of hydrogen-bond acceptors (Lipinski definition) is 7. The predicted octanol–water partition coefficient (Wildman–Crippen LogP) is 8.47. The summed E-state index contributed by atoms with van der Waals surface area (Å²) in [6.45, 7) is 0. The average molecular weight is 625 g/mol. The molecule has 0 unspecified atom stereocenters. The monoisotopic (exact) mass is 624 g/mol. The summed E-state index contributed by atoms with van der Waals surface area (Å²) in [4.78, 5) is 16.8. The van der Waals surface area contributed by atoms with E-state index in [9.17, 15) is 15.0 Å². The van der Waals surface area contributed by atoms with E-state index in [1.54, 1.807) is 49.6 Å². The van der Waals surface area contributed by atoms with E-state index in [4.69, 9.17) is 20.2 Å². The quantitative estimate of drug-likeness (QED) is 0.0933. The second kappa shape index (κ2) is 17.2. The van der Waals surface area contributed by atoms with Crippen molar-refractivity contribution in [1.29, 1.82) is 0 Å². The molecule has 7 heteroatoms. The van der Waals surface area contributed by atoms with Crippen LogP contribution in [0.25, 0.3) is 0 Å². The zero-order valence-electron chi connectivity index (χ0n) is 26.2. The van der Waals surface area contributed by atoms with E-state index in [-0.39, 0.29) is 22.8 Å². The van der Waals surface area contributed by atoms with Crippen LogP contribution in [0.1, 0.15) is 27.0 Å². The molecule has 4 N–H and O–H groups in total. The van der Waals surface area contributed by atoms with Crippen molar-refractivity contribution < 1.29 is 24.5 Å². The fraction of sp³-hybridized carbons (Fsp3) is 0.0500. The van der Waals surface area contributed by atoms with Gasteiger partial charge in [0.05, 0.1) is 31.2 Å². The molecular formula is C40H36N2O5. The molecule has 0 radical (unpaired) electrons. The molecule has 6 aromatic carbocycles. The standard InChI is InChI=1S/C20H17NO2.C14H12O3.C6H7N/c1-23-17-12-13-18(19(22)14-17)20(15-8-4-2-5-9-15)21-16-10-6-3-7-11-16;1-17-11-7-8-12(13(15)9-11)14(16)10-5-3-2-4-6-10;7-6-4-2-1-3-5-6/h2-14,22H,1H3;2-9,15H,1H3;1-5H,7H2. The molecule has 0 aromatic heterocycles. The molecule has 0 amide bonds. The molecule has 0 fully saturated rings. The Hall–Kier alpha value is -6.34. The molecule has 236 valence electrons. The number of phenols is 2. The number of nitrogen functional groups attached to an aromatic ring is 1. The number of nitrogens with two attached hydrogens (primary N) is 1. The summed E-state index contributed by atoms with van der Waals surface area (Å²) in [7, 11) is 3.08. The van der Waals surface area contributed by atoms with Crippen LogP contribution in [0.3, 0.4) is 0 Å². The molecule has 0 saturated carbocycles. The highest BCUT2D eigenvalue weighted by molar-refractivity contribution is 6.15. The minimum absolute atomic E-state index is 0.0711. The van der Waals surface area contributed by atoms with E-state index in [1.807, 2.05) is 109 Å². The van der Waals surface area contributed by atoms with Gasteiger partial charge >= 0.3 is 0 Å². The first-order valence-electron chi connectivity index (χ1n) is 14.7. The molecule has 0 spiro atoms. The predicted molar refractivity (Wildman–Crippen MR) is 188 cm³/mol. The van der Waals surface area contributed by atoms with Gasteiger partial charge in [0.15, 0.2) is 5.78 Å². The fourth-order valence-electron chi connectivity index (χ4n) is 4.38. The lowest BCUT2D eigenvalue weighted by atomic mass is 10.0. The lowest BCUT2D eigenvalue weighted by molar-refractivity contribution is 0.103. The minimum atomic E-state index is -0.203. The molecule has 6 rings (SSSR count). The van der Waals surface area contributed by atoms with E-state index >= 15 is 0 Å². The summed E-state index contributed by atoms with van der Waals surface area (Å²) in [5, 5.41) is 20.1. The van der Waals surface area contributed by atoms with E-state index in [2.05, 4.69) is 0 Å². The number of phenolic OH excluding ortho intramolecular Hbond substituents is 2. The van der Waals surface area contributed by atoms with Crippen LogP contribution in [-0.2, 0) is 0 Å². The van der Waals surface area contributed by atoms with Gasteiger partial charge in [-0.3, -0.25) is 4.79 Å². The third-order valence-electron chi connectivity index (χ3n) is 6.79. The molecular weight excluding hydrogens is 588 g/mol.